The molecule has 0 saturated carbocycles. The number of carbonyl (C=O) groups is 1. The number of benzene rings is 2. The zero-order valence-electron chi connectivity index (χ0n) is 17.8. The second kappa shape index (κ2) is 7.80. The van der Waals surface area contributed by atoms with Crippen molar-refractivity contribution in [3.63, 3.8) is 0 Å². The van der Waals surface area contributed by atoms with Crippen molar-refractivity contribution >= 4 is 17.5 Å². The number of aromatic nitrogens is 3. The van der Waals surface area contributed by atoms with E-state index in [0.29, 0.717) is 10.7 Å². The summed E-state index contributed by atoms with van der Waals surface area (Å²) >= 11 is 1.46. The van der Waals surface area contributed by atoms with E-state index < -0.39 is 0 Å². The summed E-state index contributed by atoms with van der Waals surface area (Å²) in [6, 6.07) is 15.3. The van der Waals surface area contributed by atoms with Crippen LogP contribution in [0.1, 0.15) is 54.1 Å². The Morgan fingerprint density at radius 2 is 1.73 bits per heavy atom. The van der Waals surface area contributed by atoms with Gasteiger partial charge in [-0.1, -0.05) is 74.5 Å². The Kier molecular flexibility index (Phi) is 5.32. The van der Waals surface area contributed by atoms with Crippen LogP contribution in [-0.4, -0.2) is 33.0 Å². The van der Waals surface area contributed by atoms with Crippen molar-refractivity contribution in [1.29, 1.82) is 0 Å². The fourth-order valence-electron chi connectivity index (χ4n) is 3.48. The van der Waals surface area contributed by atoms with Gasteiger partial charge in [0, 0.05) is 11.0 Å². The first-order chi connectivity index (χ1) is 14.3. The number of thioether (sulfide) groups is 1. The van der Waals surface area contributed by atoms with E-state index in [4.69, 9.17) is 4.74 Å². The highest BCUT2D eigenvalue weighted by Crippen LogP contribution is 2.40. The molecule has 0 amide bonds. The Morgan fingerprint density at radius 1 is 1.07 bits per heavy atom. The molecule has 2 aromatic carbocycles. The minimum atomic E-state index is -0.370. The predicted molar refractivity (Wildman–Crippen MR) is 119 cm³/mol. The topological polar surface area (TPSA) is 69.0 Å². The standard InChI is InChI=1S/C23H26N4O2S/c1-14-6-8-16(9-7-14)19(28)20-18(15-10-12-17(29-5)13-11-15)26-27-21(23(2,3)4)24-25-22(27)30-20/h6-13,18,20,26H,1-5H3/t18-,20+/m0/s1. The maximum atomic E-state index is 13.5. The Hall–Kier alpha value is -2.80. The van der Waals surface area contributed by atoms with Crippen LogP contribution < -0.4 is 10.2 Å². The van der Waals surface area contributed by atoms with Gasteiger partial charge in [-0.3, -0.25) is 4.79 Å². The van der Waals surface area contributed by atoms with Gasteiger partial charge in [0.25, 0.3) is 0 Å². The van der Waals surface area contributed by atoms with Gasteiger partial charge in [-0.15, -0.1) is 10.2 Å². The number of Topliss-reactive ketones (excluding diaryl/α,β-unsaturated/α-hetero) is 1. The molecular weight excluding hydrogens is 396 g/mol. The van der Waals surface area contributed by atoms with Gasteiger partial charge >= 0.3 is 0 Å². The van der Waals surface area contributed by atoms with Gasteiger partial charge in [0.1, 0.15) is 11.0 Å². The maximum Gasteiger partial charge on any atom is 0.210 e. The first-order valence-corrected chi connectivity index (χ1v) is 10.8. The molecule has 0 fully saturated rings. The molecule has 1 aliphatic heterocycles. The van der Waals surface area contributed by atoms with Crippen molar-refractivity contribution < 1.29 is 9.53 Å². The smallest absolute Gasteiger partial charge is 0.210 e. The van der Waals surface area contributed by atoms with Crippen LogP contribution in [0.2, 0.25) is 0 Å². The lowest BCUT2D eigenvalue weighted by atomic mass is 9.95. The average molecular weight is 423 g/mol. The van der Waals surface area contributed by atoms with Gasteiger partial charge in [-0.2, -0.15) is 0 Å². The van der Waals surface area contributed by atoms with Crippen LogP contribution in [-0.2, 0) is 5.41 Å². The molecule has 0 aliphatic carbocycles. The Balaban J connectivity index is 1.76. The van der Waals surface area contributed by atoms with Crippen molar-refractivity contribution in [2.75, 3.05) is 12.5 Å². The van der Waals surface area contributed by atoms with Gasteiger partial charge in [0.15, 0.2) is 11.6 Å². The summed E-state index contributed by atoms with van der Waals surface area (Å²) in [5, 5.41) is 9.10. The molecule has 0 bridgehead atoms. The predicted octanol–water partition coefficient (Wildman–Crippen LogP) is 4.53. The van der Waals surface area contributed by atoms with Crippen molar-refractivity contribution in [3.05, 3.63) is 71.0 Å². The van der Waals surface area contributed by atoms with Crippen molar-refractivity contribution in [3.8, 4) is 5.75 Å². The first kappa shape index (κ1) is 20.5. The zero-order chi connectivity index (χ0) is 21.5. The molecule has 3 aromatic rings. The summed E-state index contributed by atoms with van der Waals surface area (Å²) in [6.07, 6.45) is 0. The van der Waals surface area contributed by atoms with Crippen LogP contribution in [0.5, 0.6) is 5.75 Å². The van der Waals surface area contributed by atoms with Crippen LogP contribution in [0.3, 0.4) is 0 Å². The fraction of sp³-hybridized carbons (Fsp3) is 0.348. The number of nitrogens with one attached hydrogen (secondary N) is 1. The van der Waals surface area contributed by atoms with E-state index in [1.807, 2.05) is 60.1 Å². The van der Waals surface area contributed by atoms with Crippen molar-refractivity contribution in [2.24, 2.45) is 0 Å². The van der Waals surface area contributed by atoms with Gasteiger partial charge in [0.05, 0.1) is 13.2 Å². The number of fused-ring (bicyclic) bond motifs is 1. The van der Waals surface area contributed by atoms with Gasteiger partial charge in [-0.25, -0.2) is 4.68 Å². The number of ether oxygens (including phenoxy) is 1. The summed E-state index contributed by atoms with van der Waals surface area (Å²) in [5.74, 6) is 1.69. The molecule has 30 heavy (non-hydrogen) atoms. The SMILES string of the molecule is COc1ccc([C@@H]2Nn3c(nnc3C(C)(C)C)S[C@H]2C(=O)c2ccc(C)cc2)cc1. The number of hydrogen-bond donors (Lipinski definition) is 1. The number of methoxy groups -OCH3 is 1. The van der Waals surface area contributed by atoms with Gasteiger partial charge < -0.3 is 10.2 Å². The minimum Gasteiger partial charge on any atom is -0.497 e. The van der Waals surface area contributed by atoms with Crippen LogP contribution in [0.15, 0.2) is 53.7 Å². The van der Waals surface area contributed by atoms with E-state index in [1.54, 1.807) is 7.11 Å². The molecule has 156 valence electrons. The molecule has 7 heteroatoms. The lowest BCUT2D eigenvalue weighted by Crippen LogP contribution is -2.40. The highest BCUT2D eigenvalue weighted by molar-refractivity contribution is 8.00. The second-order valence-corrected chi connectivity index (χ2v) is 9.65. The second-order valence-electron chi connectivity index (χ2n) is 8.54. The third kappa shape index (κ3) is 3.81. The van der Waals surface area contributed by atoms with Gasteiger partial charge in [0.2, 0.25) is 5.16 Å². The molecule has 1 N–H and O–H groups in total. The van der Waals surface area contributed by atoms with Crippen LogP contribution in [0.25, 0.3) is 0 Å². The lowest BCUT2D eigenvalue weighted by molar-refractivity contribution is 0.0980. The lowest BCUT2D eigenvalue weighted by Gasteiger charge is -2.34. The molecule has 0 spiro atoms. The molecule has 2 heterocycles. The van der Waals surface area contributed by atoms with E-state index >= 15 is 0 Å². The number of aryl methyl sites for hydroxylation is 1. The average Bonchev–Trinajstić information content (AvgIpc) is 3.16. The number of nitrogens with zero attached hydrogens (tertiary/aromatic N) is 3. The first-order valence-electron chi connectivity index (χ1n) is 9.92. The summed E-state index contributed by atoms with van der Waals surface area (Å²) in [4.78, 5) is 13.5. The fourth-order valence-corrected chi connectivity index (χ4v) is 4.64. The van der Waals surface area contributed by atoms with Crippen molar-refractivity contribution in [1.82, 2.24) is 14.9 Å². The number of carbonyl (C=O) groups excluding carboxylic acids is 1. The highest BCUT2D eigenvalue weighted by atomic mass is 32.2. The Morgan fingerprint density at radius 3 is 2.33 bits per heavy atom. The molecule has 2 atom stereocenters. The van der Waals surface area contributed by atoms with Crippen LogP contribution in [0.4, 0.5) is 0 Å². The van der Waals surface area contributed by atoms with E-state index in [1.165, 1.54) is 11.8 Å². The van der Waals surface area contributed by atoms with E-state index in [2.05, 4.69) is 36.4 Å². The molecular formula is C23H26N4O2S. The molecule has 1 aromatic heterocycles. The Bertz CT molecular complexity index is 1050. The summed E-state index contributed by atoms with van der Waals surface area (Å²) in [5.41, 5.74) is 6.17. The third-order valence-corrected chi connectivity index (χ3v) is 6.39. The number of hydrogen-bond acceptors (Lipinski definition) is 6. The molecule has 1 aliphatic rings. The Labute approximate surface area is 181 Å². The number of ketones is 1. The maximum absolute atomic E-state index is 13.5. The van der Waals surface area contributed by atoms with Gasteiger partial charge in [-0.05, 0) is 24.6 Å². The van der Waals surface area contributed by atoms with E-state index in [9.17, 15) is 4.79 Å². The quantitative estimate of drug-likeness (QED) is 0.623. The molecule has 6 nitrogen and oxygen atoms in total. The largest absolute Gasteiger partial charge is 0.497 e. The summed E-state index contributed by atoms with van der Waals surface area (Å²) in [6.45, 7) is 8.32. The normalized spacial score (nSPS) is 18.4. The zero-order valence-corrected chi connectivity index (χ0v) is 18.7. The molecule has 0 unspecified atom stereocenters. The molecule has 0 saturated heterocycles. The summed E-state index contributed by atoms with van der Waals surface area (Å²) in [7, 11) is 1.65. The van der Waals surface area contributed by atoms with E-state index in [-0.39, 0.29) is 22.5 Å². The van der Waals surface area contributed by atoms with E-state index in [0.717, 1.165) is 22.7 Å². The van der Waals surface area contributed by atoms with Crippen LogP contribution in [0, 0.1) is 6.92 Å². The number of rotatable bonds is 4. The molecule has 0 radical (unpaired) electrons. The molecule has 4 rings (SSSR count). The minimum absolute atomic E-state index is 0.0693. The monoisotopic (exact) mass is 422 g/mol. The third-order valence-electron chi connectivity index (χ3n) is 5.18. The highest BCUT2D eigenvalue weighted by Gasteiger charge is 2.39. The van der Waals surface area contributed by atoms with Crippen LogP contribution >= 0.6 is 11.8 Å². The summed E-state index contributed by atoms with van der Waals surface area (Å²) < 4.78 is 7.23. The van der Waals surface area contributed by atoms with Crippen molar-refractivity contribution in [2.45, 2.75) is 49.6 Å².